The van der Waals surface area contributed by atoms with Gasteiger partial charge in [-0.15, -0.1) is 0 Å². The molecule has 22 heavy (non-hydrogen) atoms. The highest BCUT2D eigenvalue weighted by Crippen LogP contribution is 2.25. The van der Waals surface area contributed by atoms with Crippen molar-refractivity contribution in [3.63, 3.8) is 0 Å². The number of nitrogens with one attached hydrogen (secondary N) is 1. The van der Waals surface area contributed by atoms with Crippen molar-refractivity contribution in [2.24, 2.45) is 0 Å². The Morgan fingerprint density at radius 3 is 2.77 bits per heavy atom. The molecule has 0 atom stereocenters. The zero-order chi connectivity index (χ0) is 15.9. The smallest absolute Gasteiger partial charge is 0.269 e. The number of nitriles is 1. The summed E-state index contributed by atoms with van der Waals surface area (Å²) in [4.78, 5) is 12.4. The molecular weight excluding hydrogens is 282 g/mol. The molecule has 1 aromatic heterocycles. The standard InChI is InChI=1S/C16H17N3O3/c1-21-10-8-18-16(20)15-12(11-17)7-9-19(15)13-5-3-4-6-14(13)22-2/h3-7,9H,8,10H2,1-2H3,(H,18,20). The Labute approximate surface area is 128 Å². The lowest BCUT2D eigenvalue weighted by Crippen LogP contribution is -2.29. The van der Waals surface area contributed by atoms with Gasteiger partial charge in [0, 0.05) is 19.9 Å². The molecule has 0 saturated carbocycles. The van der Waals surface area contributed by atoms with Gasteiger partial charge in [0.1, 0.15) is 17.5 Å². The Morgan fingerprint density at radius 1 is 1.32 bits per heavy atom. The van der Waals surface area contributed by atoms with Gasteiger partial charge in [-0.3, -0.25) is 4.79 Å². The van der Waals surface area contributed by atoms with E-state index < -0.39 is 0 Å². The Morgan fingerprint density at radius 2 is 2.09 bits per heavy atom. The van der Waals surface area contributed by atoms with Crippen molar-refractivity contribution in [3.05, 3.63) is 47.8 Å². The van der Waals surface area contributed by atoms with E-state index in [0.717, 1.165) is 0 Å². The van der Waals surface area contributed by atoms with E-state index >= 15 is 0 Å². The first-order valence-electron chi connectivity index (χ1n) is 6.75. The summed E-state index contributed by atoms with van der Waals surface area (Å²) in [7, 11) is 3.12. The lowest BCUT2D eigenvalue weighted by molar-refractivity contribution is 0.0930. The molecule has 0 spiro atoms. The molecule has 0 saturated heterocycles. The van der Waals surface area contributed by atoms with Crippen LogP contribution in [0.15, 0.2) is 36.5 Å². The summed E-state index contributed by atoms with van der Waals surface area (Å²) in [5.74, 6) is 0.290. The van der Waals surface area contributed by atoms with Crippen molar-refractivity contribution in [1.29, 1.82) is 5.26 Å². The van der Waals surface area contributed by atoms with E-state index in [1.807, 2.05) is 24.3 Å². The zero-order valence-electron chi connectivity index (χ0n) is 12.5. The quantitative estimate of drug-likeness (QED) is 0.824. The van der Waals surface area contributed by atoms with Gasteiger partial charge >= 0.3 is 0 Å². The SMILES string of the molecule is COCCNC(=O)c1c(C#N)ccn1-c1ccccc1OC. The molecule has 0 aliphatic carbocycles. The fraction of sp³-hybridized carbons (Fsp3) is 0.250. The second kappa shape index (κ2) is 7.29. The lowest BCUT2D eigenvalue weighted by Gasteiger charge is -2.13. The first-order valence-corrected chi connectivity index (χ1v) is 6.75. The molecular formula is C16H17N3O3. The molecule has 0 fully saturated rings. The van der Waals surface area contributed by atoms with Crippen LogP contribution in [0.4, 0.5) is 0 Å². The summed E-state index contributed by atoms with van der Waals surface area (Å²) in [6.45, 7) is 0.778. The minimum absolute atomic E-state index is 0.281. The Bertz CT molecular complexity index is 701. The van der Waals surface area contributed by atoms with Gasteiger partial charge in [-0.05, 0) is 18.2 Å². The molecule has 6 nitrogen and oxygen atoms in total. The van der Waals surface area contributed by atoms with Crippen LogP contribution in [0.25, 0.3) is 5.69 Å². The van der Waals surface area contributed by atoms with Gasteiger partial charge in [-0.25, -0.2) is 0 Å². The second-order valence-electron chi connectivity index (χ2n) is 4.48. The molecule has 1 N–H and O–H groups in total. The van der Waals surface area contributed by atoms with E-state index in [-0.39, 0.29) is 11.6 Å². The number of benzene rings is 1. The second-order valence-corrected chi connectivity index (χ2v) is 4.48. The van der Waals surface area contributed by atoms with Gasteiger partial charge in [0.25, 0.3) is 5.91 Å². The van der Waals surface area contributed by atoms with Crippen molar-refractivity contribution in [1.82, 2.24) is 9.88 Å². The molecule has 2 rings (SSSR count). The third-order valence-corrected chi connectivity index (χ3v) is 3.16. The maximum atomic E-state index is 12.4. The van der Waals surface area contributed by atoms with Crippen molar-refractivity contribution in [2.75, 3.05) is 27.4 Å². The third-order valence-electron chi connectivity index (χ3n) is 3.16. The van der Waals surface area contributed by atoms with Crippen LogP contribution in [-0.4, -0.2) is 37.8 Å². The first-order chi connectivity index (χ1) is 10.7. The monoisotopic (exact) mass is 299 g/mol. The number of amides is 1. The van der Waals surface area contributed by atoms with Crippen LogP contribution in [-0.2, 0) is 4.74 Å². The van der Waals surface area contributed by atoms with Crippen LogP contribution in [0.2, 0.25) is 0 Å². The average Bonchev–Trinajstić information content (AvgIpc) is 2.98. The highest BCUT2D eigenvalue weighted by molar-refractivity contribution is 5.96. The lowest BCUT2D eigenvalue weighted by atomic mass is 10.2. The Balaban J connectivity index is 2.43. The fourth-order valence-corrected chi connectivity index (χ4v) is 2.13. The molecule has 1 amide bonds. The topological polar surface area (TPSA) is 76.3 Å². The Kier molecular flexibility index (Phi) is 5.17. The van der Waals surface area contributed by atoms with Crippen LogP contribution in [0, 0.1) is 11.3 Å². The molecule has 0 unspecified atom stereocenters. The van der Waals surface area contributed by atoms with Crippen LogP contribution in [0.5, 0.6) is 5.75 Å². The van der Waals surface area contributed by atoms with Gasteiger partial charge in [0.15, 0.2) is 0 Å². The van der Waals surface area contributed by atoms with Gasteiger partial charge in [-0.1, -0.05) is 12.1 Å². The number of carbonyl (C=O) groups excluding carboxylic acids is 1. The van der Waals surface area contributed by atoms with Crippen LogP contribution < -0.4 is 10.1 Å². The molecule has 0 bridgehead atoms. The normalized spacial score (nSPS) is 10.0. The van der Waals surface area contributed by atoms with Crippen LogP contribution >= 0.6 is 0 Å². The van der Waals surface area contributed by atoms with E-state index in [4.69, 9.17) is 9.47 Å². The van der Waals surface area contributed by atoms with E-state index in [2.05, 4.69) is 5.32 Å². The minimum atomic E-state index is -0.329. The first kappa shape index (κ1) is 15.6. The maximum Gasteiger partial charge on any atom is 0.269 e. The number of rotatable bonds is 6. The summed E-state index contributed by atoms with van der Waals surface area (Å²) in [5, 5.41) is 12.0. The number of para-hydroxylation sites is 2. The molecule has 1 aromatic carbocycles. The summed E-state index contributed by atoms with van der Waals surface area (Å²) < 4.78 is 11.9. The third kappa shape index (κ3) is 3.10. The summed E-state index contributed by atoms with van der Waals surface area (Å²) in [6, 6.07) is 11.0. The largest absolute Gasteiger partial charge is 0.495 e. The number of carbonyl (C=O) groups is 1. The van der Waals surface area contributed by atoms with Gasteiger partial charge in [-0.2, -0.15) is 5.26 Å². The maximum absolute atomic E-state index is 12.4. The molecule has 114 valence electrons. The fourth-order valence-electron chi connectivity index (χ4n) is 2.13. The number of hydrogen-bond acceptors (Lipinski definition) is 4. The molecule has 1 heterocycles. The minimum Gasteiger partial charge on any atom is -0.495 e. The van der Waals surface area contributed by atoms with Crippen LogP contribution in [0.3, 0.4) is 0 Å². The summed E-state index contributed by atoms with van der Waals surface area (Å²) in [5.41, 5.74) is 1.28. The molecule has 0 aliphatic heterocycles. The molecule has 0 radical (unpaired) electrons. The molecule has 0 aliphatic rings. The van der Waals surface area contributed by atoms with Crippen molar-refractivity contribution < 1.29 is 14.3 Å². The van der Waals surface area contributed by atoms with Gasteiger partial charge in [0.05, 0.1) is 25.0 Å². The Hall–Kier alpha value is -2.78. The van der Waals surface area contributed by atoms with Gasteiger partial charge in [0.2, 0.25) is 0 Å². The summed E-state index contributed by atoms with van der Waals surface area (Å²) >= 11 is 0. The van der Waals surface area contributed by atoms with Crippen LogP contribution in [0.1, 0.15) is 16.1 Å². The predicted octanol–water partition coefficient (Wildman–Crippen LogP) is 1.73. The highest BCUT2D eigenvalue weighted by Gasteiger charge is 2.19. The number of hydrogen-bond donors (Lipinski definition) is 1. The van der Waals surface area contributed by atoms with Crippen molar-refractivity contribution in [3.8, 4) is 17.5 Å². The molecule has 6 heteroatoms. The number of ether oxygens (including phenoxy) is 2. The number of nitrogens with zero attached hydrogens (tertiary/aromatic N) is 2. The van der Waals surface area contributed by atoms with E-state index in [1.54, 1.807) is 37.1 Å². The average molecular weight is 299 g/mol. The summed E-state index contributed by atoms with van der Waals surface area (Å²) in [6.07, 6.45) is 1.68. The van der Waals surface area contributed by atoms with E-state index in [1.165, 1.54) is 0 Å². The zero-order valence-corrected chi connectivity index (χ0v) is 12.5. The highest BCUT2D eigenvalue weighted by atomic mass is 16.5. The van der Waals surface area contributed by atoms with Gasteiger partial charge < -0.3 is 19.4 Å². The number of aromatic nitrogens is 1. The van der Waals surface area contributed by atoms with Crippen molar-refractivity contribution >= 4 is 5.91 Å². The number of methoxy groups -OCH3 is 2. The predicted molar refractivity (Wildman–Crippen MR) is 81.2 cm³/mol. The van der Waals surface area contributed by atoms with E-state index in [9.17, 15) is 10.1 Å². The molecule has 2 aromatic rings. The van der Waals surface area contributed by atoms with E-state index in [0.29, 0.717) is 30.2 Å². The van der Waals surface area contributed by atoms with Crippen molar-refractivity contribution in [2.45, 2.75) is 0 Å².